The van der Waals surface area contributed by atoms with Crippen molar-refractivity contribution in [1.29, 1.82) is 0 Å². The number of carbonyl (C=O) groups is 4. The zero-order valence-electron chi connectivity index (χ0n) is 42.2. The van der Waals surface area contributed by atoms with Gasteiger partial charge in [0.2, 0.25) is 0 Å². The molecule has 0 spiro atoms. The lowest BCUT2D eigenvalue weighted by molar-refractivity contribution is 0.0665. The summed E-state index contributed by atoms with van der Waals surface area (Å²) in [4.78, 5) is 54.5. The minimum Gasteiger partial charge on any atom is -0.508 e. The summed E-state index contributed by atoms with van der Waals surface area (Å²) < 4.78 is 12.2. The van der Waals surface area contributed by atoms with E-state index in [1.165, 1.54) is 12.1 Å². The average molecular weight is 945 g/mol. The fraction of sp³-hybridized carbons (Fsp3) is 0.322. The normalized spacial score (nSPS) is 13.2. The van der Waals surface area contributed by atoms with Crippen molar-refractivity contribution >= 4 is 46.1 Å². The maximum atomic E-state index is 14.8. The Labute approximate surface area is 413 Å². The van der Waals surface area contributed by atoms with Gasteiger partial charge in [-0.25, -0.2) is 0 Å². The van der Waals surface area contributed by atoms with Crippen molar-refractivity contribution in [1.82, 2.24) is 0 Å². The van der Waals surface area contributed by atoms with Gasteiger partial charge in [0.1, 0.15) is 28.7 Å². The van der Waals surface area contributed by atoms with Crippen LogP contribution in [0.25, 0.3) is 0 Å². The highest BCUT2D eigenvalue weighted by Gasteiger charge is 2.48. The van der Waals surface area contributed by atoms with Gasteiger partial charge < -0.3 is 35.8 Å². The molecule has 6 aromatic rings. The number of aromatic hydroxyl groups is 1. The van der Waals surface area contributed by atoms with E-state index in [-0.39, 0.29) is 39.9 Å². The van der Waals surface area contributed by atoms with Crippen LogP contribution in [0.3, 0.4) is 0 Å². The van der Waals surface area contributed by atoms with Crippen LogP contribution in [0.5, 0.6) is 28.7 Å². The lowest BCUT2D eigenvalue weighted by Gasteiger charge is -2.46. The van der Waals surface area contributed by atoms with E-state index in [4.69, 9.17) is 9.47 Å². The Bertz CT molecular complexity index is 2780. The molecular formula is C59H68N4O7. The topological polar surface area (TPSA) is 155 Å². The van der Waals surface area contributed by atoms with Crippen molar-refractivity contribution < 1.29 is 33.8 Å². The van der Waals surface area contributed by atoms with Crippen LogP contribution in [0.2, 0.25) is 0 Å². The third kappa shape index (κ3) is 12.6. The van der Waals surface area contributed by atoms with Crippen LogP contribution in [0.4, 0.5) is 22.7 Å². The zero-order chi connectivity index (χ0) is 50.9. The first-order chi connectivity index (χ1) is 33.2. The average Bonchev–Trinajstić information content (AvgIpc) is 3.35. The van der Waals surface area contributed by atoms with Crippen LogP contribution in [0, 0.1) is 10.8 Å². The van der Waals surface area contributed by atoms with Crippen LogP contribution < -0.4 is 30.7 Å². The molecule has 6 rings (SSSR count). The third-order valence-electron chi connectivity index (χ3n) is 13.7. The van der Waals surface area contributed by atoms with Gasteiger partial charge in [-0.1, -0.05) is 67.0 Å². The SMILES string of the molecule is CCCC(C)(C(=O)c1cc(O)cc(C(=O)Nc2ccc(Oc3ccc(NC(C)(C)CC)cc3)cc2)c1)C(C)(CC)Nc1ccc(Oc2ccc(NC(=O)c3cccc(C(=O)C(C)(C)CC)c3)cc2)cc1. The van der Waals surface area contributed by atoms with Crippen LogP contribution in [0.15, 0.2) is 140 Å². The monoisotopic (exact) mass is 945 g/mol. The summed E-state index contributed by atoms with van der Waals surface area (Å²) in [5.74, 6) is 1.25. The van der Waals surface area contributed by atoms with Crippen LogP contribution >= 0.6 is 0 Å². The molecule has 0 saturated carbocycles. The number of ether oxygens (including phenoxy) is 2. The van der Waals surface area contributed by atoms with Crippen molar-refractivity contribution in [2.45, 2.75) is 112 Å². The molecule has 2 atom stereocenters. The van der Waals surface area contributed by atoms with E-state index in [1.807, 2.05) is 97.0 Å². The van der Waals surface area contributed by atoms with Crippen molar-refractivity contribution in [3.05, 3.63) is 162 Å². The van der Waals surface area contributed by atoms with Gasteiger partial charge in [-0.3, -0.25) is 19.2 Å². The summed E-state index contributed by atoms with van der Waals surface area (Å²) in [7, 11) is 0. The van der Waals surface area contributed by atoms with Gasteiger partial charge in [-0.05, 0) is 174 Å². The Hall–Kier alpha value is -7.40. The molecule has 0 aliphatic heterocycles. The first-order valence-corrected chi connectivity index (χ1v) is 24.2. The Morgan fingerprint density at radius 3 is 1.36 bits per heavy atom. The summed E-state index contributed by atoms with van der Waals surface area (Å²) in [6.45, 7) is 20.3. The molecule has 6 aromatic carbocycles. The van der Waals surface area contributed by atoms with Gasteiger partial charge in [0, 0.05) is 61.5 Å². The number of phenolic OH excluding ortho intramolecular Hbond substituents is 1. The molecule has 0 saturated heterocycles. The standard InChI is InChI=1S/C59H68N4O7/c1-11-34-58(9,53(66)41-36-42(38-47(64)37-41)55(68)61-44-20-28-49(29-21-44)69-50-30-22-45(23-31-50)62-57(7,8)13-3)59(10,14-4)63-46-24-32-51(33-25-46)70-48-26-18-43(19-27-48)60-54(67)40-17-15-16-39(35-40)52(65)56(5,6)12-2/h15-33,35-38,62-64H,11-14,34H2,1-10H3,(H,60,67)(H,61,68). The van der Waals surface area contributed by atoms with Gasteiger partial charge >= 0.3 is 0 Å². The second kappa shape index (κ2) is 21.9. The number of nitrogens with one attached hydrogen (secondary N) is 4. The van der Waals surface area contributed by atoms with Crippen LogP contribution in [-0.4, -0.2) is 39.6 Å². The maximum absolute atomic E-state index is 14.8. The summed E-state index contributed by atoms with van der Waals surface area (Å²) in [5, 5.41) is 23.8. The molecule has 11 heteroatoms. The Morgan fingerprint density at radius 1 is 0.471 bits per heavy atom. The van der Waals surface area contributed by atoms with E-state index < -0.39 is 22.3 Å². The minimum absolute atomic E-state index is 0.00314. The van der Waals surface area contributed by atoms with Crippen molar-refractivity contribution in [3.8, 4) is 28.7 Å². The fourth-order valence-electron chi connectivity index (χ4n) is 8.20. The highest BCUT2D eigenvalue weighted by molar-refractivity contribution is 6.09. The highest BCUT2D eigenvalue weighted by Crippen LogP contribution is 2.44. The molecule has 11 nitrogen and oxygen atoms in total. The lowest BCUT2D eigenvalue weighted by atomic mass is 9.63. The summed E-state index contributed by atoms with van der Waals surface area (Å²) in [5.41, 5.74) is 1.91. The number of hydrogen-bond donors (Lipinski definition) is 5. The maximum Gasteiger partial charge on any atom is 0.255 e. The first kappa shape index (κ1) is 52.0. The minimum atomic E-state index is -0.963. The van der Waals surface area contributed by atoms with Gasteiger partial charge in [-0.15, -0.1) is 0 Å². The lowest BCUT2D eigenvalue weighted by Crippen LogP contribution is -2.54. The number of carbonyl (C=O) groups excluding carboxylic acids is 4. The van der Waals surface area contributed by atoms with Crippen LogP contribution in [-0.2, 0) is 0 Å². The van der Waals surface area contributed by atoms with Gasteiger partial charge in [-0.2, -0.15) is 0 Å². The number of rotatable bonds is 22. The summed E-state index contributed by atoms with van der Waals surface area (Å²) in [6, 6.07) is 40.4. The highest BCUT2D eigenvalue weighted by atomic mass is 16.5. The second-order valence-electron chi connectivity index (χ2n) is 19.7. The summed E-state index contributed by atoms with van der Waals surface area (Å²) >= 11 is 0. The summed E-state index contributed by atoms with van der Waals surface area (Å²) in [6.07, 6.45) is 3.51. The van der Waals surface area contributed by atoms with E-state index >= 15 is 0 Å². The number of benzene rings is 6. The van der Waals surface area contributed by atoms with E-state index in [0.717, 1.165) is 17.8 Å². The van der Waals surface area contributed by atoms with Crippen molar-refractivity contribution in [2.75, 3.05) is 21.3 Å². The van der Waals surface area contributed by atoms with Crippen LogP contribution in [0.1, 0.15) is 143 Å². The van der Waals surface area contributed by atoms with Gasteiger partial charge in [0.05, 0.1) is 5.41 Å². The molecule has 0 aliphatic rings. The Kier molecular flexibility index (Phi) is 16.3. The molecule has 70 heavy (non-hydrogen) atoms. The molecule has 0 aliphatic carbocycles. The molecule has 2 unspecified atom stereocenters. The second-order valence-corrected chi connectivity index (χ2v) is 19.7. The van der Waals surface area contributed by atoms with E-state index in [1.54, 1.807) is 78.9 Å². The van der Waals surface area contributed by atoms with Gasteiger partial charge in [0.25, 0.3) is 11.8 Å². The number of anilines is 4. The molecule has 2 amide bonds. The molecule has 5 N–H and O–H groups in total. The molecule has 0 radical (unpaired) electrons. The largest absolute Gasteiger partial charge is 0.508 e. The molecule has 0 heterocycles. The molecule has 0 aromatic heterocycles. The number of Topliss-reactive ketones (excluding diaryl/α,β-unsaturated/α-hetero) is 2. The number of ketones is 2. The van der Waals surface area contributed by atoms with E-state index in [9.17, 15) is 24.3 Å². The van der Waals surface area contributed by atoms with Crippen molar-refractivity contribution in [3.63, 3.8) is 0 Å². The Morgan fingerprint density at radius 2 is 0.900 bits per heavy atom. The molecule has 366 valence electrons. The first-order valence-electron chi connectivity index (χ1n) is 24.2. The zero-order valence-corrected chi connectivity index (χ0v) is 42.2. The quantitative estimate of drug-likeness (QED) is 0.0418. The number of hydrogen-bond acceptors (Lipinski definition) is 9. The number of phenols is 1. The van der Waals surface area contributed by atoms with E-state index in [0.29, 0.717) is 71.2 Å². The predicted molar refractivity (Wildman–Crippen MR) is 282 cm³/mol. The molecule has 0 bridgehead atoms. The third-order valence-corrected chi connectivity index (χ3v) is 13.7. The fourth-order valence-corrected chi connectivity index (χ4v) is 8.20. The smallest absolute Gasteiger partial charge is 0.255 e. The molecule has 0 fully saturated rings. The number of amides is 2. The van der Waals surface area contributed by atoms with Gasteiger partial charge in [0.15, 0.2) is 11.6 Å². The molecular weight excluding hydrogens is 877 g/mol. The Balaban J connectivity index is 1.08. The van der Waals surface area contributed by atoms with Crippen molar-refractivity contribution in [2.24, 2.45) is 10.8 Å². The predicted octanol–water partition coefficient (Wildman–Crippen LogP) is 15.0. The van der Waals surface area contributed by atoms with E-state index in [2.05, 4.69) is 42.0 Å².